The Hall–Kier alpha value is -4.01. The van der Waals surface area contributed by atoms with E-state index < -0.39 is 15.8 Å². The van der Waals surface area contributed by atoms with E-state index >= 15 is 0 Å². The number of non-ortho nitro benzene ring substituents is 2. The molecule has 1 aliphatic heterocycles. The molecule has 12 nitrogen and oxygen atoms in total. The molecule has 4 rings (SSSR count). The number of thiocarbonyl (C=S) groups is 1. The monoisotopic (exact) mass is 514 g/mol. The number of carbonyl (C=O) groups is 1. The zero-order chi connectivity index (χ0) is 24.9. The molecule has 2 heterocycles. The third kappa shape index (κ3) is 5.74. The Kier molecular flexibility index (Phi) is 7.24. The number of aromatic nitrogens is 1. The zero-order valence-electron chi connectivity index (χ0n) is 18.0. The summed E-state index contributed by atoms with van der Waals surface area (Å²) in [6.07, 6.45) is 0. The van der Waals surface area contributed by atoms with Crippen LogP contribution in [0.3, 0.4) is 0 Å². The van der Waals surface area contributed by atoms with Gasteiger partial charge in [0.15, 0.2) is 10.2 Å². The number of benzene rings is 2. The minimum Gasteiger partial charge on any atom is -0.378 e. The van der Waals surface area contributed by atoms with Crippen LogP contribution in [0, 0.1) is 20.2 Å². The molecule has 1 fully saturated rings. The summed E-state index contributed by atoms with van der Waals surface area (Å²) in [6, 6.07) is 10.2. The van der Waals surface area contributed by atoms with Crippen LogP contribution in [0.25, 0.3) is 11.3 Å². The van der Waals surface area contributed by atoms with Crippen LogP contribution in [0.5, 0.6) is 0 Å². The van der Waals surface area contributed by atoms with Gasteiger partial charge in [0.25, 0.3) is 17.3 Å². The molecule has 1 aliphatic rings. The normalized spacial score (nSPS) is 13.2. The van der Waals surface area contributed by atoms with Gasteiger partial charge in [-0.3, -0.25) is 30.3 Å². The fourth-order valence-electron chi connectivity index (χ4n) is 3.44. The van der Waals surface area contributed by atoms with E-state index in [1.54, 1.807) is 23.6 Å². The largest absolute Gasteiger partial charge is 0.378 e. The maximum Gasteiger partial charge on any atom is 0.270 e. The van der Waals surface area contributed by atoms with Crippen molar-refractivity contribution in [3.63, 3.8) is 0 Å². The summed E-state index contributed by atoms with van der Waals surface area (Å²) in [5, 5.41) is 29.6. The first-order valence-corrected chi connectivity index (χ1v) is 11.5. The van der Waals surface area contributed by atoms with E-state index in [2.05, 4.69) is 15.6 Å². The maximum atomic E-state index is 13.0. The second kappa shape index (κ2) is 10.5. The minimum atomic E-state index is -0.608. The number of hydrogen-bond acceptors (Lipinski definition) is 10. The van der Waals surface area contributed by atoms with Gasteiger partial charge >= 0.3 is 0 Å². The van der Waals surface area contributed by atoms with Crippen molar-refractivity contribution < 1.29 is 19.4 Å². The van der Waals surface area contributed by atoms with Crippen LogP contribution in [0.2, 0.25) is 0 Å². The van der Waals surface area contributed by atoms with Gasteiger partial charge in [0, 0.05) is 48.3 Å². The topological polar surface area (TPSA) is 153 Å². The zero-order valence-corrected chi connectivity index (χ0v) is 19.6. The minimum absolute atomic E-state index is 0.0469. The number of morpholine rings is 1. The van der Waals surface area contributed by atoms with Crippen molar-refractivity contribution in [2.45, 2.75) is 0 Å². The van der Waals surface area contributed by atoms with Gasteiger partial charge in [0.1, 0.15) is 0 Å². The second-order valence-corrected chi connectivity index (χ2v) is 8.58. The van der Waals surface area contributed by atoms with E-state index in [-0.39, 0.29) is 22.1 Å². The number of ether oxygens (including phenoxy) is 1. The van der Waals surface area contributed by atoms with Crippen molar-refractivity contribution in [2.24, 2.45) is 0 Å². The summed E-state index contributed by atoms with van der Waals surface area (Å²) in [6.45, 7) is 2.05. The lowest BCUT2D eigenvalue weighted by atomic mass is 10.1. The van der Waals surface area contributed by atoms with Crippen LogP contribution in [0.15, 0.2) is 47.8 Å². The summed E-state index contributed by atoms with van der Waals surface area (Å²) in [7, 11) is 0. The molecule has 0 saturated carbocycles. The van der Waals surface area contributed by atoms with Gasteiger partial charge in [-0.05, 0) is 18.3 Å². The molecule has 2 N–H and O–H groups in total. The summed E-state index contributed by atoms with van der Waals surface area (Å²) < 4.78 is 5.35. The van der Waals surface area contributed by atoms with E-state index in [0.29, 0.717) is 48.4 Å². The first-order valence-electron chi connectivity index (χ1n) is 10.3. The molecule has 14 heteroatoms. The molecular formula is C21H18N6O6S2. The Morgan fingerprint density at radius 2 is 1.80 bits per heavy atom. The SMILES string of the molecule is O=C(NC(=S)Nc1nc(-c2cccc([N+](=O)[O-])c2)cs1)c1cc([N+](=O)[O-])ccc1N1CCOCC1. The average molecular weight is 515 g/mol. The highest BCUT2D eigenvalue weighted by Crippen LogP contribution is 2.28. The Balaban J connectivity index is 1.48. The molecule has 0 aliphatic carbocycles. The predicted molar refractivity (Wildman–Crippen MR) is 134 cm³/mol. The lowest BCUT2D eigenvalue weighted by Crippen LogP contribution is -2.39. The average Bonchev–Trinajstić information content (AvgIpc) is 3.32. The Bertz CT molecular complexity index is 1310. The summed E-state index contributed by atoms with van der Waals surface area (Å²) in [5.41, 5.74) is 1.45. The first-order chi connectivity index (χ1) is 16.8. The molecule has 0 unspecified atom stereocenters. The fourth-order valence-corrected chi connectivity index (χ4v) is 4.42. The third-order valence-corrected chi connectivity index (χ3v) is 6.05. The van der Waals surface area contributed by atoms with Gasteiger partial charge in [-0.15, -0.1) is 11.3 Å². The van der Waals surface area contributed by atoms with Crippen LogP contribution >= 0.6 is 23.6 Å². The molecule has 0 radical (unpaired) electrons. The summed E-state index contributed by atoms with van der Waals surface area (Å²) in [5.74, 6) is -0.608. The van der Waals surface area contributed by atoms with E-state index in [0.717, 1.165) is 0 Å². The van der Waals surface area contributed by atoms with Crippen LogP contribution in [0.4, 0.5) is 22.2 Å². The van der Waals surface area contributed by atoms with Gasteiger partial charge in [-0.25, -0.2) is 4.98 Å². The van der Waals surface area contributed by atoms with E-state index in [4.69, 9.17) is 17.0 Å². The number of anilines is 2. The standard InChI is InChI=1S/C21H18N6O6S2/c28-19(16-11-15(27(31)32)4-5-18(16)25-6-8-33-9-7-25)23-20(34)24-21-22-17(12-35-21)13-2-1-3-14(10-13)26(29)30/h1-5,10-12H,6-9H2,(H2,22,23,24,28,34). The number of nitro groups is 2. The second-order valence-electron chi connectivity index (χ2n) is 7.31. The number of carbonyl (C=O) groups excluding carboxylic acids is 1. The van der Waals surface area contributed by atoms with E-state index in [9.17, 15) is 25.0 Å². The van der Waals surface area contributed by atoms with Crippen LogP contribution in [-0.4, -0.2) is 52.2 Å². The number of nitro benzene ring substituents is 2. The van der Waals surface area contributed by atoms with Crippen molar-refractivity contribution in [1.82, 2.24) is 10.3 Å². The van der Waals surface area contributed by atoms with Gasteiger partial charge in [0.05, 0.1) is 40.0 Å². The lowest BCUT2D eigenvalue weighted by Gasteiger charge is -2.30. The molecule has 0 atom stereocenters. The predicted octanol–water partition coefficient (Wildman–Crippen LogP) is 3.59. The molecule has 1 aromatic heterocycles. The molecule has 1 amide bonds. The van der Waals surface area contributed by atoms with E-state index in [1.807, 2.05) is 4.90 Å². The highest BCUT2D eigenvalue weighted by molar-refractivity contribution is 7.80. The molecule has 3 aromatic rings. The number of rotatable bonds is 6. The fraction of sp³-hybridized carbons (Fsp3) is 0.190. The Morgan fingerprint density at radius 1 is 1.09 bits per heavy atom. The molecule has 1 saturated heterocycles. The lowest BCUT2D eigenvalue weighted by molar-refractivity contribution is -0.385. The van der Waals surface area contributed by atoms with Crippen LogP contribution in [0.1, 0.15) is 10.4 Å². The highest BCUT2D eigenvalue weighted by Gasteiger charge is 2.23. The van der Waals surface area contributed by atoms with E-state index in [1.165, 1.54) is 35.6 Å². The van der Waals surface area contributed by atoms with Gasteiger partial charge in [0.2, 0.25) is 0 Å². The summed E-state index contributed by atoms with van der Waals surface area (Å²) >= 11 is 6.44. The quantitative estimate of drug-likeness (QED) is 0.283. The smallest absolute Gasteiger partial charge is 0.270 e. The Morgan fingerprint density at radius 3 is 2.51 bits per heavy atom. The molecule has 35 heavy (non-hydrogen) atoms. The van der Waals surface area contributed by atoms with Gasteiger partial charge in [-0.1, -0.05) is 12.1 Å². The van der Waals surface area contributed by atoms with Gasteiger partial charge in [-0.2, -0.15) is 0 Å². The third-order valence-electron chi connectivity index (χ3n) is 5.09. The molecule has 2 aromatic carbocycles. The number of nitrogens with one attached hydrogen (secondary N) is 2. The first kappa shape index (κ1) is 24.1. The van der Waals surface area contributed by atoms with Crippen molar-refractivity contribution in [3.8, 4) is 11.3 Å². The maximum absolute atomic E-state index is 13.0. The number of nitrogens with zero attached hydrogens (tertiary/aromatic N) is 4. The van der Waals surface area contributed by atoms with Crippen molar-refractivity contribution in [3.05, 3.63) is 73.6 Å². The van der Waals surface area contributed by atoms with Crippen LogP contribution < -0.4 is 15.5 Å². The van der Waals surface area contributed by atoms with Crippen LogP contribution in [-0.2, 0) is 4.74 Å². The van der Waals surface area contributed by atoms with Crippen molar-refractivity contribution >= 4 is 56.8 Å². The van der Waals surface area contributed by atoms with Crippen molar-refractivity contribution in [1.29, 1.82) is 0 Å². The number of hydrogen-bond donors (Lipinski definition) is 2. The molecular weight excluding hydrogens is 496 g/mol. The van der Waals surface area contributed by atoms with Gasteiger partial charge < -0.3 is 15.0 Å². The van der Waals surface area contributed by atoms with Crippen molar-refractivity contribution in [2.75, 3.05) is 36.5 Å². The Labute approximate surface area is 207 Å². The number of amides is 1. The summed E-state index contributed by atoms with van der Waals surface area (Å²) in [4.78, 5) is 40.5. The highest BCUT2D eigenvalue weighted by atomic mass is 32.1. The molecule has 0 spiro atoms. The molecule has 0 bridgehead atoms. The molecule has 180 valence electrons. The number of thiazole rings is 1.